The third kappa shape index (κ3) is 3.84. The number of benzene rings is 2. The molecule has 0 unspecified atom stereocenters. The molecule has 25 heavy (non-hydrogen) atoms. The van der Waals surface area contributed by atoms with Crippen LogP contribution in [0.15, 0.2) is 48.5 Å². The molecule has 0 aliphatic heterocycles. The summed E-state index contributed by atoms with van der Waals surface area (Å²) in [7, 11) is 0. The molecule has 0 atom stereocenters. The molecule has 126 valence electrons. The van der Waals surface area contributed by atoms with Gasteiger partial charge in [-0.3, -0.25) is 9.59 Å². The average Bonchev–Trinajstić information content (AvgIpc) is 3.42. The van der Waals surface area contributed by atoms with Gasteiger partial charge in [0.05, 0.1) is 12.0 Å². The van der Waals surface area contributed by atoms with E-state index in [1.807, 2.05) is 12.1 Å². The Hall–Kier alpha value is -2.77. The maximum absolute atomic E-state index is 12.5. The lowest BCUT2D eigenvalue weighted by molar-refractivity contribution is -0.126. The Kier molecular flexibility index (Phi) is 4.78. The summed E-state index contributed by atoms with van der Waals surface area (Å²) in [4.78, 5) is 24.6. The molecular weight excluding hydrogens is 336 g/mol. The Balaban J connectivity index is 1.59. The molecule has 0 saturated heterocycles. The molecule has 2 aromatic carbocycles. The number of halogens is 1. The third-order valence-corrected chi connectivity index (χ3v) is 4.52. The van der Waals surface area contributed by atoms with Gasteiger partial charge in [-0.15, -0.1) is 6.42 Å². The number of terminal acetylenes is 1. The second-order valence-corrected chi connectivity index (χ2v) is 6.48. The lowest BCUT2D eigenvalue weighted by Gasteiger charge is -2.16. The van der Waals surface area contributed by atoms with Crippen molar-refractivity contribution in [2.75, 3.05) is 11.9 Å². The highest BCUT2D eigenvalue weighted by Crippen LogP contribution is 2.48. The predicted molar refractivity (Wildman–Crippen MR) is 98.4 cm³/mol. The van der Waals surface area contributed by atoms with Crippen LogP contribution in [0.5, 0.6) is 0 Å². The predicted octanol–water partition coefficient (Wildman–Crippen LogP) is 3.11. The number of anilines is 1. The van der Waals surface area contributed by atoms with Gasteiger partial charge in [0.2, 0.25) is 11.8 Å². The molecule has 3 rings (SSSR count). The van der Waals surface area contributed by atoms with E-state index in [0.29, 0.717) is 16.3 Å². The molecule has 1 saturated carbocycles. The molecular formula is C20H17ClN2O2. The fraction of sp³-hybridized carbons (Fsp3) is 0.200. The molecule has 1 aliphatic carbocycles. The molecule has 2 N–H and O–H groups in total. The van der Waals surface area contributed by atoms with Crippen molar-refractivity contribution in [3.05, 3.63) is 64.7 Å². The van der Waals surface area contributed by atoms with E-state index < -0.39 is 5.41 Å². The van der Waals surface area contributed by atoms with Gasteiger partial charge in [0.25, 0.3) is 0 Å². The standard InChI is InChI=1S/C20H17ClN2O2/c1-2-14-5-3-8-17(11-14)23-18(24)13-22-19(25)20(9-10-20)15-6-4-7-16(21)12-15/h1,3-8,11-12H,9-10,13H2,(H,22,25)(H,23,24). The SMILES string of the molecule is C#Cc1cccc(NC(=O)CNC(=O)C2(c3cccc(Cl)c3)CC2)c1. The van der Waals surface area contributed by atoms with Crippen molar-refractivity contribution >= 4 is 29.1 Å². The number of hydrogen-bond acceptors (Lipinski definition) is 2. The summed E-state index contributed by atoms with van der Waals surface area (Å²) >= 11 is 6.02. The van der Waals surface area contributed by atoms with Gasteiger partial charge in [-0.2, -0.15) is 0 Å². The van der Waals surface area contributed by atoms with Gasteiger partial charge in [0.1, 0.15) is 0 Å². The van der Waals surface area contributed by atoms with Crippen LogP contribution in [0.1, 0.15) is 24.0 Å². The van der Waals surface area contributed by atoms with Gasteiger partial charge in [-0.25, -0.2) is 0 Å². The molecule has 0 bridgehead atoms. The Bertz CT molecular complexity index is 866. The Morgan fingerprint density at radius 2 is 1.92 bits per heavy atom. The zero-order valence-electron chi connectivity index (χ0n) is 13.5. The van der Waals surface area contributed by atoms with Crippen molar-refractivity contribution in [1.82, 2.24) is 5.32 Å². The summed E-state index contributed by atoms with van der Waals surface area (Å²) in [6.45, 7) is -0.0958. The maximum Gasteiger partial charge on any atom is 0.243 e. The largest absolute Gasteiger partial charge is 0.346 e. The molecule has 1 aliphatic rings. The van der Waals surface area contributed by atoms with Crippen molar-refractivity contribution < 1.29 is 9.59 Å². The van der Waals surface area contributed by atoms with Crippen LogP contribution in [0, 0.1) is 12.3 Å². The van der Waals surface area contributed by atoms with Crippen LogP contribution in [0.4, 0.5) is 5.69 Å². The maximum atomic E-state index is 12.5. The number of rotatable bonds is 5. The minimum absolute atomic E-state index is 0.0958. The first kappa shape index (κ1) is 17.1. The van der Waals surface area contributed by atoms with Crippen molar-refractivity contribution in [1.29, 1.82) is 0 Å². The minimum atomic E-state index is -0.561. The molecule has 4 nitrogen and oxygen atoms in total. The topological polar surface area (TPSA) is 58.2 Å². The molecule has 2 aromatic rings. The van der Waals surface area contributed by atoms with Crippen LogP contribution in [0.2, 0.25) is 5.02 Å². The number of hydrogen-bond donors (Lipinski definition) is 2. The van der Waals surface area contributed by atoms with Crippen molar-refractivity contribution in [2.45, 2.75) is 18.3 Å². The normalized spacial score (nSPS) is 14.2. The second kappa shape index (κ2) is 7.00. The monoisotopic (exact) mass is 352 g/mol. The van der Waals surface area contributed by atoms with E-state index in [1.54, 1.807) is 36.4 Å². The summed E-state index contributed by atoms with van der Waals surface area (Å²) in [5, 5.41) is 6.04. The fourth-order valence-electron chi connectivity index (χ4n) is 2.78. The van der Waals surface area contributed by atoms with Crippen molar-refractivity contribution in [3.63, 3.8) is 0 Å². The van der Waals surface area contributed by atoms with Crippen molar-refractivity contribution in [2.24, 2.45) is 0 Å². The number of amides is 2. The van der Waals surface area contributed by atoms with Crippen LogP contribution in [0.3, 0.4) is 0 Å². The van der Waals surface area contributed by atoms with Gasteiger partial charge >= 0.3 is 0 Å². The van der Waals surface area contributed by atoms with E-state index in [0.717, 1.165) is 18.4 Å². The molecule has 1 fully saturated rings. The van der Waals surface area contributed by atoms with E-state index in [9.17, 15) is 9.59 Å². The van der Waals surface area contributed by atoms with E-state index >= 15 is 0 Å². The first-order valence-corrected chi connectivity index (χ1v) is 8.32. The van der Waals surface area contributed by atoms with Gasteiger partial charge in [-0.05, 0) is 48.7 Å². The molecule has 0 radical (unpaired) electrons. The quantitative estimate of drug-likeness (QED) is 0.812. The van der Waals surface area contributed by atoms with E-state index in [-0.39, 0.29) is 18.4 Å². The Morgan fingerprint density at radius 3 is 2.60 bits per heavy atom. The number of nitrogens with one attached hydrogen (secondary N) is 2. The Labute approximate surface area is 151 Å². The van der Waals surface area contributed by atoms with E-state index in [4.69, 9.17) is 18.0 Å². The zero-order valence-corrected chi connectivity index (χ0v) is 14.3. The highest BCUT2D eigenvalue weighted by Gasteiger charge is 2.51. The molecule has 0 spiro atoms. The highest BCUT2D eigenvalue weighted by atomic mass is 35.5. The second-order valence-electron chi connectivity index (χ2n) is 6.05. The van der Waals surface area contributed by atoms with Gasteiger partial charge < -0.3 is 10.6 Å². The van der Waals surface area contributed by atoms with E-state index in [1.165, 1.54) is 0 Å². The molecule has 2 amide bonds. The zero-order chi connectivity index (χ0) is 17.9. The molecule has 5 heteroatoms. The summed E-state index contributed by atoms with van der Waals surface area (Å²) in [5.74, 6) is 2.06. The first-order valence-electron chi connectivity index (χ1n) is 7.94. The summed E-state index contributed by atoms with van der Waals surface area (Å²) in [6.07, 6.45) is 6.85. The van der Waals surface area contributed by atoms with Crippen LogP contribution in [-0.2, 0) is 15.0 Å². The summed E-state index contributed by atoms with van der Waals surface area (Å²) in [5.41, 5.74) is 1.61. The van der Waals surface area contributed by atoms with Gasteiger partial charge in [0.15, 0.2) is 0 Å². The number of carbonyl (C=O) groups excluding carboxylic acids is 2. The lowest BCUT2D eigenvalue weighted by Crippen LogP contribution is -2.39. The van der Waals surface area contributed by atoms with Crippen LogP contribution < -0.4 is 10.6 Å². The minimum Gasteiger partial charge on any atom is -0.346 e. The van der Waals surface area contributed by atoms with E-state index in [2.05, 4.69) is 16.6 Å². The molecule has 0 heterocycles. The summed E-state index contributed by atoms with van der Waals surface area (Å²) < 4.78 is 0. The van der Waals surface area contributed by atoms with Gasteiger partial charge in [-0.1, -0.05) is 35.7 Å². The van der Waals surface area contributed by atoms with Crippen LogP contribution in [0.25, 0.3) is 0 Å². The first-order chi connectivity index (χ1) is 12.0. The van der Waals surface area contributed by atoms with Crippen LogP contribution in [-0.4, -0.2) is 18.4 Å². The smallest absolute Gasteiger partial charge is 0.243 e. The Morgan fingerprint density at radius 1 is 1.16 bits per heavy atom. The average molecular weight is 353 g/mol. The number of carbonyl (C=O) groups is 2. The van der Waals surface area contributed by atoms with Gasteiger partial charge in [0, 0.05) is 16.3 Å². The fourth-order valence-corrected chi connectivity index (χ4v) is 2.97. The lowest BCUT2D eigenvalue weighted by atomic mass is 9.95. The molecule has 0 aromatic heterocycles. The third-order valence-electron chi connectivity index (χ3n) is 4.28. The highest BCUT2D eigenvalue weighted by molar-refractivity contribution is 6.30. The van der Waals surface area contributed by atoms with Crippen molar-refractivity contribution in [3.8, 4) is 12.3 Å². The van der Waals surface area contributed by atoms with Crippen LogP contribution >= 0.6 is 11.6 Å². The summed E-state index contributed by atoms with van der Waals surface area (Å²) in [6, 6.07) is 14.3.